The maximum atomic E-state index is 5.93. The Labute approximate surface area is 173 Å². The van der Waals surface area contributed by atoms with E-state index >= 15 is 0 Å². The van der Waals surface area contributed by atoms with Crippen LogP contribution in [0.4, 0.5) is 0 Å². The van der Waals surface area contributed by atoms with Crippen molar-refractivity contribution in [2.24, 2.45) is 0 Å². The summed E-state index contributed by atoms with van der Waals surface area (Å²) < 4.78 is 39.6. The summed E-state index contributed by atoms with van der Waals surface area (Å²) in [6, 6.07) is 0. The molecule has 0 bridgehead atoms. The van der Waals surface area contributed by atoms with Crippen molar-refractivity contribution in [3.63, 3.8) is 0 Å². The third-order valence-electron chi connectivity index (χ3n) is 4.24. The van der Waals surface area contributed by atoms with E-state index in [4.69, 9.17) is 31.9 Å². The molecule has 0 rings (SSSR count). The Balaban J connectivity index is 4.44. The van der Waals surface area contributed by atoms with Gasteiger partial charge in [-0.05, 0) is 27.2 Å². The summed E-state index contributed by atoms with van der Waals surface area (Å²) in [4.78, 5) is 0. The summed E-state index contributed by atoms with van der Waals surface area (Å²) in [6.45, 7) is 9.27. The average molecular weight is 425 g/mol. The number of rotatable bonds is 21. The van der Waals surface area contributed by atoms with Gasteiger partial charge in [0.2, 0.25) is 0 Å². The van der Waals surface area contributed by atoms with Crippen molar-refractivity contribution >= 4 is 9.05 Å². The minimum absolute atomic E-state index is 0.343. The van der Waals surface area contributed by atoms with E-state index in [2.05, 4.69) is 6.92 Å². The van der Waals surface area contributed by atoms with Crippen molar-refractivity contribution < 1.29 is 31.9 Å². The lowest BCUT2D eigenvalue weighted by molar-refractivity contribution is -0.482. The van der Waals surface area contributed by atoms with Crippen LogP contribution in [0.2, 0.25) is 0 Å². The first-order valence-corrected chi connectivity index (χ1v) is 12.6. The van der Waals surface area contributed by atoms with Crippen LogP contribution in [-0.4, -0.2) is 55.9 Å². The standard InChI is InChI=1S/C20H44O7Si/c1-7-11-12-13-14-15-16-17-18-19-26-28(21-5,22-6)27-20(23-8-2,24-9-3)25-10-4/h7-19H2,1-6H3. The second kappa shape index (κ2) is 17.8. The zero-order valence-corrected chi connectivity index (χ0v) is 20.1. The van der Waals surface area contributed by atoms with E-state index < -0.39 is 15.2 Å². The fourth-order valence-corrected chi connectivity index (χ4v) is 4.33. The Morgan fingerprint density at radius 3 is 1.43 bits per heavy atom. The van der Waals surface area contributed by atoms with Gasteiger partial charge in [0.25, 0.3) is 0 Å². The predicted octanol–water partition coefficient (Wildman–Crippen LogP) is 5.00. The van der Waals surface area contributed by atoms with Gasteiger partial charge in [0.15, 0.2) is 0 Å². The summed E-state index contributed by atoms with van der Waals surface area (Å²) in [5.41, 5.74) is 0. The van der Waals surface area contributed by atoms with Crippen LogP contribution in [-0.2, 0) is 31.9 Å². The largest absolute Gasteiger partial charge is 0.685 e. The molecule has 0 spiro atoms. The SMILES string of the molecule is CCCCCCCCCCCO[Si](OC)(OC)OC(OCC)(OCC)OCC. The predicted molar refractivity (Wildman–Crippen MR) is 112 cm³/mol. The molecular formula is C20H44O7Si. The Morgan fingerprint density at radius 2 is 1.04 bits per heavy atom. The molecule has 0 aliphatic rings. The molecule has 0 aromatic heterocycles. The highest BCUT2D eigenvalue weighted by atomic mass is 28.4. The van der Waals surface area contributed by atoms with Crippen LogP contribution in [0.15, 0.2) is 0 Å². The van der Waals surface area contributed by atoms with Crippen molar-refractivity contribution in [1.82, 2.24) is 0 Å². The first-order valence-electron chi connectivity index (χ1n) is 10.9. The van der Waals surface area contributed by atoms with Crippen LogP contribution >= 0.6 is 0 Å². The molecule has 28 heavy (non-hydrogen) atoms. The third-order valence-corrected chi connectivity index (χ3v) is 6.30. The van der Waals surface area contributed by atoms with Crippen molar-refractivity contribution in [2.45, 2.75) is 91.6 Å². The first-order chi connectivity index (χ1) is 13.6. The van der Waals surface area contributed by atoms with E-state index in [1.165, 1.54) is 59.2 Å². The highest BCUT2D eigenvalue weighted by Crippen LogP contribution is 2.25. The Morgan fingerprint density at radius 1 is 0.607 bits per heavy atom. The summed E-state index contributed by atoms with van der Waals surface area (Å²) in [5, 5.41) is 0. The number of unbranched alkanes of at least 4 members (excludes halogenated alkanes) is 8. The van der Waals surface area contributed by atoms with Gasteiger partial charge in [-0.1, -0.05) is 58.3 Å². The quantitative estimate of drug-likeness (QED) is 0.146. The summed E-state index contributed by atoms with van der Waals surface area (Å²) in [5.74, 6) is 0. The maximum Gasteiger partial charge on any atom is 0.685 e. The van der Waals surface area contributed by atoms with E-state index in [-0.39, 0.29) is 0 Å². The van der Waals surface area contributed by atoms with E-state index in [1.54, 1.807) is 0 Å². The number of hydrogen-bond acceptors (Lipinski definition) is 7. The highest BCUT2D eigenvalue weighted by molar-refractivity contribution is 6.53. The molecule has 0 N–H and O–H groups in total. The topological polar surface area (TPSA) is 64.6 Å². The van der Waals surface area contributed by atoms with Gasteiger partial charge in [-0.15, -0.1) is 0 Å². The van der Waals surface area contributed by atoms with Crippen molar-refractivity contribution in [2.75, 3.05) is 40.6 Å². The Bertz CT molecular complexity index is 323. The molecule has 0 radical (unpaired) electrons. The monoisotopic (exact) mass is 424 g/mol. The highest BCUT2D eigenvalue weighted by Gasteiger charge is 2.54. The lowest BCUT2D eigenvalue weighted by Crippen LogP contribution is -2.57. The van der Waals surface area contributed by atoms with E-state index in [9.17, 15) is 0 Å². The summed E-state index contributed by atoms with van der Waals surface area (Å²) in [6.07, 6.45) is 9.49. The van der Waals surface area contributed by atoms with E-state index in [0.29, 0.717) is 26.4 Å². The molecule has 8 heteroatoms. The van der Waals surface area contributed by atoms with Gasteiger partial charge in [0, 0.05) is 20.8 Å². The molecule has 0 saturated heterocycles. The smallest absolute Gasteiger partial charge is 0.354 e. The third kappa shape index (κ3) is 11.8. The second-order valence-corrected chi connectivity index (χ2v) is 8.80. The van der Waals surface area contributed by atoms with Crippen LogP contribution in [0.3, 0.4) is 0 Å². The molecule has 0 atom stereocenters. The van der Waals surface area contributed by atoms with Crippen LogP contribution in [0.5, 0.6) is 0 Å². The normalized spacial score (nSPS) is 12.6. The molecule has 0 aliphatic heterocycles. The van der Waals surface area contributed by atoms with Crippen molar-refractivity contribution in [1.29, 1.82) is 0 Å². The van der Waals surface area contributed by atoms with Gasteiger partial charge in [0.1, 0.15) is 0 Å². The first kappa shape index (κ1) is 27.9. The minimum Gasteiger partial charge on any atom is -0.354 e. The van der Waals surface area contributed by atoms with Gasteiger partial charge in [-0.2, -0.15) is 0 Å². The summed E-state index contributed by atoms with van der Waals surface area (Å²) >= 11 is 0. The van der Waals surface area contributed by atoms with Crippen LogP contribution in [0.25, 0.3) is 0 Å². The second-order valence-electron chi connectivity index (χ2n) is 6.49. The van der Waals surface area contributed by atoms with Gasteiger partial charge in [-0.25, -0.2) is 0 Å². The maximum absolute atomic E-state index is 5.93. The van der Waals surface area contributed by atoms with Crippen LogP contribution in [0.1, 0.15) is 85.5 Å². The lowest BCUT2D eigenvalue weighted by Gasteiger charge is -2.36. The molecule has 0 aromatic rings. The summed E-state index contributed by atoms with van der Waals surface area (Å²) in [7, 11) is -0.455. The van der Waals surface area contributed by atoms with Gasteiger partial charge < -0.3 is 27.5 Å². The Kier molecular flexibility index (Phi) is 17.7. The van der Waals surface area contributed by atoms with Crippen LogP contribution in [0, 0.1) is 0 Å². The lowest BCUT2D eigenvalue weighted by atomic mass is 10.1. The number of ether oxygens (including phenoxy) is 3. The number of hydrogen-bond donors (Lipinski definition) is 0. The van der Waals surface area contributed by atoms with Gasteiger partial charge in [-0.3, -0.25) is 4.43 Å². The van der Waals surface area contributed by atoms with Crippen molar-refractivity contribution in [3.05, 3.63) is 0 Å². The molecule has 7 nitrogen and oxygen atoms in total. The molecule has 0 amide bonds. The van der Waals surface area contributed by atoms with Gasteiger partial charge in [0.05, 0.1) is 19.8 Å². The molecular weight excluding hydrogens is 380 g/mol. The van der Waals surface area contributed by atoms with E-state index in [0.717, 1.165) is 12.8 Å². The molecule has 0 fully saturated rings. The molecule has 0 unspecified atom stereocenters. The van der Waals surface area contributed by atoms with Crippen molar-refractivity contribution in [3.8, 4) is 0 Å². The molecule has 0 saturated carbocycles. The zero-order valence-electron chi connectivity index (χ0n) is 19.1. The van der Waals surface area contributed by atoms with Crippen LogP contribution < -0.4 is 0 Å². The zero-order chi connectivity index (χ0) is 21.1. The fourth-order valence-electron chi connectivity index (χ4n) is 2.82. The van der Waals surface area contributed by atoms with Gasteiger partial charge >= 0.3 is 15.2 Å². The fraction of sp³-hybridized carbons (Fsp3) is 1.00. The Hall–Kier alpha value is -0.0631. The molecule has 170 valence electrons. The average Bonchev–Trinajstić information content (AvgIpc) is 2.69. The molecule has 0 aliphatic carbocycles. The van der Waals surface area contributed by atoms with E-state index in [1.807, 2.05) is 20.8 Å². The minimum atomic E-state index is -3.46. The molecule has 0 aromatic carbocycles. The molecule has 0 heterocycles.